The summed E-state index contributed by atoms with van der Waals surface area (Å²) in [6.45, 7) is 9.06. The van der Waals surface area contributed by atoms with Gasteiger partial charge in [-0.1, -0.05) is 65.0 Å². The lowest BCUT2D eigenvalue weighted by molar-refractivity contribution is 0.422. The molecule has 0 fully saturated rings. The van der Waals surface area contributed by atoms with Gasteiger partial charge in [0.2, 0.25) is 0 Å². The Labute approximate surface area is 90.8 Å². The highest BCUT2D eigenvalue weighted by Gasteiger charge is 2.03. The first kappa shape index (κ1) is 13.7. The minimum atomic E-state index is 0.779. The maximum atomic E-state index is 2.32. The molecule has 0 radical (unpaired) electrons. The van der Waals surface area contributed by atoms with Crippen LogP contribution in [0.3, 0.4) is 0 Å². The zero-order chi connectivity index (χ0) is 10.8. The van der Waals surface area contributed by atoms with Crippen molar-refractivity contribution in [2.45, 2.75) is 66.2 Å². The second-order valence-corrected chi connectivity index (χ2v) is 4.47. The zero-order valence-corrected chi connectivity index (χ0v) is 10.6. The van der Waals surface area contributed by atoms with Crippen molar-refractivity contribution in [2.75, 3.05) is 0 Å². The second kappa shape index (κ2) is 9.30. The highest BCUT2D eigenvalue weighted by atomic mass is 14.1. The van der Waals surface area contributed by atoms with Crippen LogP contribution in [-0.4, -0.2) is 0 Å². The minimum Gasteiger partial charge on any atom is -0.0914 e. The van der Waals surface area contributed by atoms with Crippen molar-refractivity contribution in [3.05, 3.63) is 12.2 Å². The quantitative estimate of drug-likeness (QED) is 0.370. The SMILES string of the molecule is CC=CC(C)CCCCC(CC)CC. The summed E-state index contributed by atoms with van der Waals surface area (Å²) in [6.07, 6.45) is 12.8. The topological polar surface area (TPSA) is 0 Å². The fourth-order valence-electron chi connectivity index (χ4n) is 2.02. The van der Waals surface area contributed by atoms with Crippen molar-refractivity contribution in [2.24, 2.45) is 11.8 Å². The highest BCUT2D eigenvalue weighted by Crippen LogP contribution is 2.18. The van der Waals surface area contributed by atoms with Gasteiger partial charge >= 0.3 is 0 Å². The summed E-state index contributed by atoms with van der Waals surface area (Å²) in [5, 5.41) is 0. The zero-order valence-electron chi connectivity index (χ0n) is 10.6. The van der Waals surface area contributed by atoms with Gasteiger partial charge in [0, 0.05) is 0 Å². The minimum absolute atomic E-state index is 0.779. The van der Waals surface area contributed by atoms with Crippen LogP contribution in [0.25, 0.3) is 0 Å². The monoisotopic (exact) mass is 196 g/mol. The number of hydrogen-bond acceptors (Lipinski definition) is 0. The molecular formula is C14H28. The van der Waals surface area contributed by atoms with E-state index in [1.165, 1.54) is 38.5 Å². The van der Waals surface area contributed by atoms with Crippen LogP contribution >= 0.6 is 0 Å². The van der Waals surface area contributed by atoms with Crippen LogP contribution in [-0.2, 0) is 0 Å². The van der Waals surface area contributed by atoms with Gasteiger partial charge in [0.05, 0.1) is 0 Å². The molecule has 1 unspecified atom stereocenters. The van der Waals surface area contributed by atoms with E-state index in [0.29, 0.717) is 0 Å². The molecule has 84 valence electrons. The number of rotatable bonds is 8. The Kier molecular flexibility index (Phi) is 9.13. The van der Waals surface area contributed by atoms with Crippen LogP contribution in [0, 0.1) is 11.8 Å². The lowest BCUT2D eigenvalue weighted by Gasteiger charge is -2.12. The van der Waals surface area contributed by atoms with Crippen LogP contribution in [0.1, 0.15) is 66.2 Å². The molecule has 0 spiro atoms. The van der Waals surface area contributed by atoms with Crippen LogP contribution in [0.4, 0.5) is 0 Å². The fraction of sp³-hybridized carbons (Fsp3) is 0.857. The van der Waals surface area contributed by atoms with E-state index in [1.807, 2.05) is 0 Å². The van der Waals surface area contributed by atoms with E-state index in [2.05, 4.69) is 39.8 Å². The molecule has 1 atom stereocenters. The van der Waals surface area contributed by atoms with Crippen molar-refractivity contribution in [3.63, 3.8) is 0 Å². The molecule has 0 heteroatoms. The first-order valence-corrected chi connectivity index (χ1v) is 6.37. The summed E-state index contributed by atoms with van der Waals surface area (Å²) in [7, 11) is 0. The summed E-state index contributed by atoms with van der Waals surface area (Å²) in [5.41, 5.74) is 0. The lowest BCUT2D eigenvalue weighted by atomic mass is 9.94. The van der Waals surface area contributed by atoms with Crippen molar-refractivity contribution >= 4 is 0 Å². The molecule has 0 aromatic carbocycles. The average molecular weight is 196 g/mol. The van der Waals surface area contributed by atoms with Crippen molar-refractivity contribution in [1.29, 1.82) is 0 Å². The Morgan fingerprint density at radius 1 is 1.00 bits per heavy atom. The van der Waals surface area contributed by atoms with E-state index in [4.69, 9.17) is 0 Å². The molecule has 0 aliphatic carbocycles. The van der Waals surface area contributed by atoms with Crippen LogP contribution in [0.15, 0.2) is 12.2 Å². The smallest absolute Gasteiger partial charge is 0.0262 e. The molecule has 0 nitrogen and oxygen atoms in total. The Bertz CT molecular complexity index is 131. The summed E-state index contributed by atoms with van der Waals surface area (Å²) >= 11 is 0. The summed E-state index contributed by atoms with van der Waals surface area (Å²) in [6, 6.07) is 0. The van der Waals surface area contributed by atoms with E-state index in [9.17, 15) is 0 Å². The second-order valence-electron chi connectivity index (χ2n) is 4.47. The number of hydrogen-bond donors (Lipinski definition) is 0. The third-order valence-corrected chi connectivity index (χ3v) is 3.20. The van der Waals surface area contributed by atoms with E-state index < -0.39 is 0 Å². The van der Waals surface area contributed by atoms with Gasteiger partial charge in [-0.3, -0.25) is 0 Å². The molecule has 14 heavy (non-hydrogen) atoms. The van der Waals surface area contributed by atoms with Crippen molar-refractivity contribution in [1.82, 2.24) is 0 Å². The summed E-state index contributed by atoms with van der Waals surface area (Å²) in [5.74, 6) is 1.76. The average Bonchev–Trinajstić information content (AvgIpc) is 2.19. The van der Waals surface area contributed by atoms with Gasteiger partial charge < -0.3 is 0 Å². The Morgan fingerprint density at radius 2 is 1.57 bits per heavy atom. The van der Waals surface area contributed by atoms with E-state index in [1.54, 1.807) is 0 Å². The maximum Gasteiger partial charge on any atom is -0.0262 e. The largest absolute Gasteiger partial charge is 0.0914 e. The van der Waals surface area contributed by atoms with Gasteiger partial charge in [-0.15, -0.1) is 0 Å². The number of unbranched alkanes of at least 4 members (excludes halogenated alkanes) is 1. The molecule has 0 N–H and O–H groups in total. The van der Waals surface area contributed by atoms with Gasteiger partial charge in [0.1, 0.15) is 0 Å². The Hall–Kier alpha value is -0.260. The van der Waals surface area contributed by atoms with Gasteiger partial charge in [-0.25, -0.2) is 0 Å². The highest BCUT2D eigenvalue weighted by molar-refractivity contribution is 4.82. The van der Waals surface area contributed by atoms with E-state index in [0.717, 1.165) is 11.8 Å². The third kappa shape index (κ3) is 7.17. The van der Waals surface area contributed by atoms with E-state index >= 15 is 0 Å². The molecular weight excluding hydrogens is 168 g/mol. The molecule has 0 aromatic rings. The van der Waals surface area contributed by atoms with Gasteiger partial charge in [0.25, 0.3) is 0 Å². The van der Waals surface area contributed by atoms with Gasteiger partial charge in [0.15, 0.2) is 0 Å². The predicted molar refractivity (Wildman–Crippen MR) is 66.5 cm³/mol. The molecule has 0 bridgehead atoms. The van der Waals surface area contributed by atoms with Crippen LogP contribution in [0.2, 0.25) is 0 Å². The molecule has 0 rings (SSSR count). The van der Waals surface area contributed by atoms with Gasteiger partial charge in [-0.05, 0) is 25.2 Å². The van der Waals surface area contributed by atoms with Gasteiger partial charge in [-0.2, -0.15) is 0 Å². The fourth-order valence-corrected chi connectivity index (χ4v) is 2.02. The molecule has 0 aliphatic heterocycles. The normalized spacial score (nSPS) is 14.1. The molecule has 0 saturated carbocycles. The molecule has 0 heterocycles. The Balaban J connectivity index is 3.36. The van der Waals surface area contributed by atoms with Crippen molar-refractivity contribution in [3.8, 4) is 0 Å². The summed E-state index contributed by atoms with van der Waals surface area (Å²) in [4.78, 5) is 0. The molecule has 0 aliphatic rings. The van der Waals surface area contributed by atoms with Crippen LogP contribution < -0.4 is 0 Å². The molecule has 0 amide bonds. The predicted octanol–water partition coefficient (Wildman–Crippen LogP) is 5.20. The first-order chi connectivity index (χ1) is 6.74. The third-order valence-electron chi connectivity index (χ3n) is 3.20. The van der Waals surface area contributed by atoms with Crippen molar-refractivity contribution < 1.29 is 0 Å². The standard InChI is InChI=1S/C14H28/c1-5-10-13(4)11-8-9-12-14(6-2)7-3/h5,10,13-14H,6-9,11-12H2,1-4H3. The van der Waals surface area contributed by atoms with E-state index in [-0.39, 0.29) is 0 Å². The number of allylic oxidation sites excluding steroid dienone is 2. The summed E-state index contributed by atoms with van der Waals surface area (Å²) < 4.78 is 0. The lowest BCUT2D eigenvalue weighted by Crippen LogP contribution is -1.97. The molecule has 0 saturated heterocycles. The Morgan fingerprint density at radius 3 is 2.07 bits per heavy atom. The first-order valence-electron chi connectivity index (χ1n) is 6.37. The maximum absolute atomic E-state index is 2.32. The van der Waals surface area contributed by atoms with Crippen LogP contribution in [0.5, 0.6) is 0 Å². The molecule has 0 aromatic heterocycles.